The van der Waals surface area contributed by atoms with E-state index in [-0.39, 0.29) is 6.10 Å². The van der Waals surface area contributed by atoms with Crippen molar-refractivity contribution in [2.75, 3.05) is 5.73 Å². The van der Waals surface area contributed by atoms with Crippen molar-refractivity contribution >= 4 is 5.69 Å². The molecule has 0 aliphatic heterocycles. The minimum atomic E-state index is 0.137. The third kappa shape index (κ3) is 2.83. The van der Waals surface area contributed by atoms with E-state index >= 15 is 0 Å². The second-order valence-electron chi connectivity index (χ2n) is 4.79. The molecule has 0 fully saturated rings. The summed E-state index contributed by atoms with van der Waals surface area (Å²) in [5.74, 6) is 0.751. The summed E-state index contributed by atoms with van der Waals surface area (Å²) in [7, 11) is 0. The fraction of sp³-hybridized carbons (Fsp3) is 0.250. The average Bonchev–Trinajstić information content (AvgIpc) is 2.32. The van der Waals surface area contributed by atoms with E-state index in [1.165, 1.54) is 11.1 Å². The van der Waals surface area contributed by atoms with Crippen LogP contribution in [0.3, 0.4) is 0 Å². The Balaban J connectivity index is 2.31. The molecule has 0 atom stereocenters. The van der Waals surface area contributed by atoms with E-state index in [1.807, 2.05) is 32.0 Å². The Labute approximate surface area is 108 Å². The van der Waals surface area contributed by atoms with Crippen LogP contribution < -0.4 is 10.5 Å². The third-order valence-corrected chi connectivity index (χ3v) is 2.76. The van der Waals surface area contributed by atoms with Crippen LogP contribution in [0.15, 0.2) is 42.5 Å². The summed E-state index contributed by atoms with van der Waals surface area (Å²) in [5, 5.41) is 0. The van der Waals surface area contributed by atoms with Crippen LogP contribution in [-0.4, -0.2) is 6.10 Å². The molecule has 2 heteroatoms. The van der Waals surface area contributed by atoms with Crippen molar-refractivity contribution in [2.45, 2.75) is 26.9 Å². The summed E-state index contributed by atoms with van der Waals surface area (Å²) in [4.78, 5) is 0. The number of rotatable bonds is 3. The van der Waals surface area contributed by atoms with Crippen LogP contribution in [0.1, 0.15) is 19.4 Å². The van der Waals surface area contributed by atoms with Gasteiger partial charge in [0.05, 0.1) is 11.8 Å². The second kappa shape index (κ2) is 5.13. The molecule has 94 valence electrons. The normalized spacial score (nSPS) is 10.7. The Bertz CT molecular complexity index is 529. The highest BCUT2D eigenvalue weighted by atomic mass is 16.5. The zero-order chi connectivity index (χ0) is 13.1. The molecule has 0 bridgehead atoms. The lowest BCUT2D eigenvalue weighted by atomic mass is 10.0. The van der Waals surface area contributed by atoms with Gasteiger partial charge in [0.2, 0.25) is 0 Å². The summed E-state index contributed by atoms with van der Waals surface area (Å²) in [5.41, 5.74) is 10.2. The Hall–Kier alpha value is -1.96. The van der Waals surface area contributed by atoms with Gasteiger partial charge in [-0.3, -0.25) is 0 Å². The molecule has 0 saturated heterocycles. The number of hydrogen-bond donors (Lipinski definition) is 1. The van der Waals surface area contributed by atoms with E-state index in [1.54, 1.807) is 0 Å². The molecular formula is C16H19NO. The maximum atomic E-state index is 6.01. The number of nitrogen functional groups attached to an aromatic ring is 1. The number of ether oxygens (including phenoxy) is 1. The monoisotopic (exact) mass is 241 g/mol. The lowest BCUT2D eigenvalue weighted by Gasteiger charge is -2.13. The number of aryl methyl sites for hydroxylation is 1. The fourth-order valence-corrected chi connectivity index (χ4v) is 1.84. The number of hydrogen-bond acceptors (Lipinski definition) is 2. The van der Waals surface area contributed by atoms with Gasteiger partial charge in [0.25, 0.3) is 0 Å². The zero-order valence-corrected chi connectivity index (χ0v) is 11.1. The Kier molecular flexibility index (Phi) is 3.56. The molecule has 2 aromatic rings. The molecule has 0 spiro atoms. The molecule has 0 heterocycles. The second-order valence-corrected chi connectivity index (χ2v) is 4.79. The van der Waals surface area contributed by atoms with Crippen molar-refractivity contribution in [1.29, 1.82) is 0 Å². The first-order chi connectivity index (χ1) is 8.56. The zero-order valence-electron chi connectivity index (χ0n) is 11.1. The van der Waals surface area contributed by atoms with Gasteiger partial charge in [-0.2, -0.15) is 0 Å². The van der Waals surface area contributed by atoms with Crippen molar-refractivity contribution in [1.82, 2.24) is 0 Å². The highest BCUT2D eigenvalue weighted by Crippen LogP contribution is 2.29. The maximum absolute atomic E-state index is 6.01. The van der Waals surface area contributed by atoms with Crippen LogP contribution in [0.4, 0.5) is 5.69 Å². The number of benzene rings is 2. The summed E-state index contributed by atoms with van der Waals surface area (Å²) in [6.07, 6.45) is 0.137. The van der Waals surface area contributed by atoms with Crippen molar-refractivity contribution in [3.63, 3.8) is 0 Å². The van der Waals surface area contributed by atoms with Crippen molar-refractivity contribution in [2.24, 2.45) is 0 Å². The molecule has 2 rings (SSSR count). The fourth-order valence-electron chi connectivity index (χ4n) is 1.84. The predicted molar refractivity (Wildman–Crippen MR) is 76.8 cm³/mol. The predicted octanol–water partition coefficient (Wildman–Crippen LogP) is 4.03. The molecule has 0 radical (unpaired) electrons. The number of anilines is 1. The summed E-state index contributed by atoms with van der Waals surface area (Å²) < 4.78 is 5.63. The van der Waals surface area contributed by atoms with Gasteiger partial charge in [0, 0.05) is 0 Å². The van der Waals surface area contributed by atoms with Gasteiger partial charge in [-0.05, 0) is 44.0 Å². The third-order valence-electron chi connectivity index (χ3n) is 2.76. The van der Waals surface area contributed by atoms with Crippen LogP contribution >= 0.6 is 0 Å². The van der Waals surface area contributed by atoms with E-state index in [0.29, 0.717) is 5.69 Å². The highest BCUT2D eigenvalue weighted by Gasteiger charge is 2.05. The molecule has 2 nitrogen and oxygen atoms in total. The topological polar surface area (TPSA) is 35.2 Å². The van der Waals surface area contributed by atoms with E-state index in [2.05, 4.69) is 31.2 Å². The van der Waals surface area contributed by atoms with Crippen LogP contribution in [0.2, 0.25) is 0 Å². The lowest BCUT2D eigenvalue weighted by molar-refractivity contribution is 0.244. The maximum Gasteiger partial charge on any atom is 0.142 e. The standard InChI is InChI=1S/C16H19NO/c1-11(2)18-16-9-8-14(10-15(16)17)13-6-4-12(3)5-7-13/h4-11H,17H2,1-3H3. The minimum absolute atomic E-state index is 0.137. The van der Waals surface area contributed by atoms with E-state index in [0.717, 1.165) is 11.3 Å². The molecule has 0 aromatic heterocycles. The van der Waals surface area contributed by atoms with Crippen LogP contribution in [0.25, 0.3) is 11.1 Å². The molecule has 0 aliphatic carbocycles. The van der Waals surface area contributed by atoms with Gasteiger partial charge >= 0.3 is 0 Å². The molecule has 2 aromatic carbocycles. The lowest BCUT2D eigenvalue weighted by Crippen LogP contribution is -2.07. The quantitative estimate of drug-likeness (QED) is 0.823. The average molecular weight is 241 g/mol. The Morgan fingerprint density at radius 3 is 2.11 bits per heavy atom. The minimum Gasteiger partial charge on any atom is -0.489 e. The molecule has 0 amide bonds. The Morgan fingerprint density at radius 2 is 1.56 bits per heavy atom. The van der Waals surface area contributed by atoms with Crippen molar-refractivity contribution < 1.29 is 4.74 Å². The van der Waals surface area contributed by atoms with Gasteiger partial charge < -0.3 is 10.5 Å². The van der Waals surface area contributed by atoms with Crippen LogP contribution in [-0.2, 0) is 0 Å². The molecule has 2 N–H and O–H groups in total. The summed E-state index contributed by atoms with van der Waals surface area (Å²) in [6.45, 7) is 6.07. The largest absolute Gasteiger partial charge is 0.489 e. The van der Waals surface area contributed by atoms with Gasteiger partial charge in [-0.25, -0.2) is 0 Å². The molecular weight excluding hydrogens is 222 g/mol. The van der Waals surface area contributed by atoms with Gasteiger partial charge in [0.1, 0.15) is 5.75 Å². The first kappa shape index (κ1) is 12.5. The van der Waals surface area contributed by atoms with E-state index < -0.39 is 0 Å². The summed E-state index contributed by atoms with van der Waals surface area (Å²) >= 11 is 0. The molecule has 0 unspecified atom stereocenters. The highest BCUT2D eigenvalue weighted by molar-refractivity contribution is 5.70. The first-order valence-electron chi connectivity index (χ1n) is 6.19. The summed E-state index contributed by atoms with van der Waals surface area (Å²) in [6, 6.07) is 14.3. The number of nitrogens with two attached hydrogens (primary N) is 1. The van der Waals surface area contributed by atoms with Crippen LogP contribution in [0, 0.1) is 6.92 Å². The van der Waals surface area contributed by atoms with Gasteiger partial charge in [0.15, 0.2) is 0 Å². The molecule has 0 saturated carbocycles. The SMILES string of the molecule is Cc1ccc(-c2ccc(OC(C)C)c(N)c2)cc1. The molecule has 18 heavy (non-hydrogen) atoms. The van der Waals surface area contributed by atoms with Gasteiger partial charge in [-0.1, -0.05) is 35.9 Å². The Morgan fingerprint density at radius 1 is 0.944 bits per heavy atom. The molecule has 0 aliphatic rings. The van der Waals surface area contributed by atoms with E-state index in [9.17, 15) is 0 Å². The van der Waals surface area contributed by atoms with Gasteiger partial charge in [-0.15, -0.1) is 0 Å². The van der Waals surface area contributed by atoms with Crippen LogP contribution in [0.5, 0.6) is 5.75 Å². The van der Waals surface area contributed by atoms with E-state index in [4.69, 9.17) is 10.5 Å². The smallest absolute Gasteiger partial charge is 0.142 e. The first-order valence-corrected chi connectivity index (χ1v) is 6.19. The van der Waals surface area contributed by atoms with Crippen molar-refractivity contribution in [3.05, 3.63) is 48.0 Å². The van der Waals surface area contributed by atoms with Crippen molar-refractivity contribution in [3.8, 4) is 16.9 Å².